The van der Waals surface area contributed by atoms with E-state index in [0.717, 1.165) is 32.6 Å². The number of aliphatic hydroxyl groups is 1. The highest BCUT2D eigenvalue weighted by Gasteiger charge is 2.16. The van der Waals surface area contributed by atoms with Crippen molar-refractivity contribution in [3.8, 4) is 0 Å². The monoisotopic (exact) mass is 300 g/mol. The van der Waals surface area contributed by atoms with Crippen molar-refractivity contribution < 1.29 is 5.11 Å². The highest BCUT2D eigenvalue weighted by Crippen LogP contribution is 2.27. The Bertz CT molecular complexity index is 623. The summed E-state index contributed by atoms with van der Waals surface area (Å²) in [5, 5.41) is 17.2. The molecule has 5 heteroatoms. The summed E-state index contributed by atoms with van der Waals surface area (Å²) in [6, 6.07) is 6.50. The molecule has 0 saturated heterocycles. The summed E-state index contributed by atoms with van der Waals surface area (Å²) in [7, 11) is 0. The van der Waals surface area contributed by atoms with Crippen LogP contribution < -0.4 is 5.32 Å². The third-order valence-electron chi connectivity index (χ3n) is 4.16. The van der Waals surface area contributed by atoms with Gasteiger partial charge in [0, 0.05) is 50.2 Å². The summed E-state index contributed by atoms with van der Waals surface area (Å²) in [5.41, 5.74) is 5.19. The highest BCUT2D eigenvalue weighted by atomic mass is 16.3. The van der Waals surface area contributed by atoms with E-state index in [0.29, 0.717) is 6.54 Å². The number of aromatic nitrogens is 2. The fourth-order valence-electron chi connectivity index (χ4n) is 3.06. The van der Waals surface area contributed by atoms with Gasteiger partial charge in [-0.1, -0.05) is 18.2 Å². The Balaban J connectivity index is 1.73. The summed E-state index contributed by atoms with van der Waals surface area (Å²) < 4.78 is 1.94. The van der Waals surface area contributed by atoms with Gasteiger partial charge in [-0.15, -0.1) is 0 Å². The quantitative estimate of drug-likeness (QED) is 0.819. The lowest BCUT2D eigenvalue weighted by Crippen LogP contribution is -2.26. The molecule has 1 aromatic heterocycles. The minimum absolute atomic E-state index is 0.171. The van der Waals surface area contributed by atoms with Crippen LogP contribution in [-0.4, -0.2) is 39.5 Å². The summed E-state index contributed by atoms with van der Waals surface area (Å²) in [5.74, 6) is 0. The number of fused-ring (bicyclic) bond motifs is 1. The lowest BCUT2D eigenvalue weighted by Gasteiger charge is -2.22. The van der Waals surface area contributed by atoms with E-state index in [9.17, 15) is 5.11 Å². The Labute approximate surface area is 131 Å². The molecule has 2 heterocycles. The van der Waals surface area contributed by atoms with E-state index in [1.165, 1.54) is 22.4 Å². The molecule has 118 valence electrons. The average Bonchev–Trinajstić information content (AvgIpc) is 3.16. The van der Waals surface area contributed by atoms with Gasteiger partial charge < -0.3 is 10.4 Å². The van der Waals surface area contributed by atoms with E-state index in [4.69, 9.17) is 0 Å². The number of hydrogen-bond acceptors (Lipinski definition) is 4. The number of aliphatic hydroxyl groups excluding tert-OH is 1. The third-order valence-corrected chi connectivity index (χ3v) is 4.16. The van der Waals surface area contributed by atoms with Crippen LogP contribution >= 0.6 is 0 Å². The Morgan fingerprint density at radius 2 is 2.27 bits per heavy atom. The molecule has 1 aliphatic heterocycles. The Morgan fingerprint density at radius 1 is 1.36 bits per heavy atom. The van der Waals surface area contributed by atoms with Gasteiger partial charge in [-0.05, 0) is 24.5 Å². The number of aryl methyl sites for hydroxylation is 1. The number of anilines is 1. The Kier molecular flexibility index (Phi) is 4.75. The molecule has 0 unspecified atom stereocenters. The van der Waals surface area contributed by atoms with Gasteiger partial charge in [-0.25, -0.2) is 0 Å². The third kappa shape index (κ3) is 3.31. The molecule has 3 rings (SSSR count). The van der Waals surface area contributed by atoms with Crippen molar-refractivity contribution in [2.24, 2.45) is 0 Å². The van der Waals surface area contributed by atoms with Gasteiger partial charge >= 0.3 is 0 Å². The molecule has 0 saturated carbocycles. The minimum atomic E-state index is 0.171. The summed E-state index contributed by atoms with van der Waals surface area (Å²) >= 11 is 0. The summed E-state index contributed by atoms with van der Waals surface area (Å²) in [4.78, 5) is 2.27. The standard InChI is InChI=1S/C17H24N4O/c1-2-21-12-14(10-19-21)11-20(8-9-22)13-16-5-3-4-15-6-7-18-17(15)16/h3-5,10,12,18,22H,2,6-9,11,13H2,1H3. The van der Waals surface area contributed by atoms with Gasteiger partial charge in [-0.3, -0.25) is 9.58 Å². The zero-order chi connectivity index (χ0) is 15.4. The number of rotatable bonds is 7. The number of benzene rings is 1. The maximum absolute atomic E-state index is 9.36. The van der Waals surface area contributed by atoms with Crippen molar-refractivity contribution >= 4 is 5.69 Å². The first kappa shape index (κ1) is 15.1. The molecule has 0 spiro atoms. The van der Waals surface area contributed by atoms with Crippen LogP contribution in [0.4, 0.5) is 5.69 Å². The van der Waals surface area contributed by atoms with Crippen LogP contribution in [0.2, 0.25) is 0 Å². The van der Waals surface area contributed by atoms with Gasteiger partial charge in [0.15, 0.2) is 0 Å². The zero-order valence-corrected chi connectivity index (χ0v) is 13.1. The fraction of sp³-hybridized carbons (Fsp3) is 0.471. The van der Waals surface area contributed by atoms with Crippen molar-refractivity contribution in [3.63, 3.8) is 0 Å². The number of nitrogens with zero attached hydrogens (tertiary/aromatic N) is 3. The second-order valence-electron chi connectivity index (χ2n) is 5.77. The first-order valence-electron chi connectivity index (χ1n) is 7.99. The van der Waals surface area contributed by atoms with Crippen molar-refractivity contribution in [1.29, 1.82) is 0 Å². The van der Waals surface area contributed by atoms with E-state index in [2.05, 4.69) is 46.6 Å². The number of hydrogen-bond donors (Lipinski definition) is 2. The fourth-order valence-corrected chi connectivity index (χ4v) is 3.06. The Morgan fingerprint density at radius 3 is 3.05 bits per heavy atom. The van der Waals surface area contributed by atoms with E-state index in [-0.39, 0.29) is 6.61 Å². The molecule has 0 amide bonds. The molecule has 0 atom stereocenters. The largest absolute Gasteiger partial charge is 0.395 e. The predicted octanol–water partition coefficient (Wildman–Crippen LogP) is 1.87. The molecule has 0 bridgehead atoms. The topological polar surface area (TPSA) is 53.3 Å². The highest BCUT2D eigenvalue weighted by molar-refractivity contribution is 5.61. The molecule has 0 fully saturated rings. The molecule has 0 aliphatic carbocycles. The molecule has 1 aromatic carbocycles. The van der Waals surface area contributed by atoms with Crippen LogP contribution in [0.3, 0.4) is 0 Å². The van der Waals surface area contributed by atoms with Crippen LogP contribution in [-0.2, 0) is 26.1 Å². The SMILES string of the molecule is CCn1cc(CN(CCO)Cc2cccc3c2NCC3)cn1. The van der Waals surface area contributed by atoms with Crippen molar-refractivity contribution in [2.75, 3.05) is 25.0 Å². The van der Waals surface area contributed by atoms with E-state index >= 15 is 0 Å². The van der Waals surface area contributed by atoms with Crippen molar-refractivity contribution in [3.05, 3.63) is 47.3 Å². The maximum Gasteiger partial charge on any atom is 0.0558 e. The lowest BCUT2D eigenvalue weighted by molar-refractivity contribution is 0.184. The summed E-state index contributed by atoms with van der Waals surface area (Å²) in [6.45, 7) is 6.48. The molecular formula is C17H24N4O. The van der Waals surface area contributed by atoms with Gasteiger partial charge in [0.1, 0.15) is 0 Å². The molecule has 2 N–H and O–H groups in total. The van der Waals surface area contributed by atoms with E-state index in [1.807, 2.05) is 10.9 Å². The van der Waals surface area contributed by atoms with E-state index < -0.39 is 0 Å². The van der Waals surface area contributed by atoms with Crippen molar-refractivity contribution in [2.45, 2.75) is 33.0 Å². The molecule has 5 nitrogen and oxygen atoms in total. The van der Waals surface area contributed by atoms with Gasteiger partial charge in [0.05, 0.1) is 12.8 Å². The normalized spacial score (nSPS) is 13.4. The second kappa shape index (κ2) is 6.94. The minimum Gasteiger partial charge on any atom is -0.395 e. The van der Waals surface area contributed by atoms with Gasteiger partial charge in [0.2, 0.25) is 0 Å². The molecule has 2 aromatic rings. The number of nitrogens with one attached hydrogen (secondary N) is 1. The average molecular weight is 300 g/mol. The van der Waals surface area contributed by atoms with Crippen LogP contribution in [0.1, 0.15) is 23.6 Å². The van der Waals surface area contributed by atoms with Gasteiger partial charge in [-0.2, -0.15) is 5.10 Å². The summed E-state index contributed by atoms with van der Waals surface area (Å²) in [6.07, 6.45) is 5.10. The van der Waals surface area contributed by atoms with Gasteiger partial charge in [0.25, 0.3) is 0 Å². The lowest BCUT2D eigenvalue weighted by atomic mass is 10.1. The first-order chi connectivity index (χ1) is 10.8. The molecular weight excluding hydrogens is 276 g/mol. The second-order valence-corrected chi connectivity index (χ2v) is 5.77. The van der Waals surface area contributed by atoms with Crippen LogP contribution in [0, 0.1) is 0 Å². The van der Waals surface area contributed by atoms with Crippen LogP contribution in [0.15, 0.2) is 30.6 Å². The van der Waals surface area contributed by atoms with Crippen molar-refractivity contribution in [1.82, 2.24) is 14.7 Å². The van der Waals surface area contributed by atoms with Crippen LogP contribution in [0.25, 0.3) is 0 Å². The van der Waals surface area contributed by atoms with Crippen LogP contribution in [0.5, 0.6) is 0 Å². The molecule has 22 heavy (non-hydrogen) atoms. The molecule has 1 aliphatic rings. The Hall–Kier alpha value is -1.85. The maximum atomic E-state index is 9.36. The predicted molar refractivity (Wildman–Crippen MR) is 87.7 cm³/mol. The smallest absolute Gasteiger partial charge is 0.0558 e. The van der Waals surface area contributed by atoms with E-state index in [1.54, 1.807) is 0 Å². The number of para-hydroxylation sites is 1. The zero-order valence-electron chi connectivity index (χ0n) is 13.1. The first-order valence-corrected chi connectivity index (χ1v) is 7.99. The molecule has 0 radical (unpaired) electrons.